The van der Waals surface area contributed by atoms with Crippen molar-refractivity contribution in [1.29, 1.82) is 0 Å². The molecule has 0 fully saturated rings. The molecule has 9 nitrogen and oxygen atoms in total. The second-order valence-electron chi connectivity index (χ2n) is 7.39. The molecule has 0 unspecified atom stereocenters. The molecular weight excluding hydrogens is 433 g/mol. The number of nitrogen functional groups attached to an aromatic ring is 1. The lowest BCUT2D eigenvalue weighted by molar-refractivity contribution is -0.121. The van der Waals surface area contributed by atoms with Crippen LogP contribution in [-0.4, -0.2) is 38.6 Å². The van der Waals surface area contributed by atoms with Gasteiger partial charge in [-0.2, -0.15) is 15.3 Å². The molecule has 0 aliphatic carbocycles. The number of hydrogen-bond donors (Lipinski definition) is 2. The van der Waals surface area contributed by atoms with E-state index in [1.54, 1.807) is 47.4 Å². The predicted octanol–water partition coefficient (Wildman–Crippen LogP) is 2.72. The molecule has 0 spiro atoms. The Morgan fingerprint density at radius 1 is 1.06 bits per heavy atom. The van der Waals surface area contributed by atoms with Gasteiger partial charge in [-0.25, -0.2) is 4.68 Å². The van der Waals surface area contributed by atoms with E-state index in [-0.39, 0.29) is 11.9 Å². The molecule has 0 aliphatic rings. The van der Waals surface area contributed by atoms with Crippen molar-refractivity contribution in [3.8, 4) is 28.3 Å². The fraction of sp³-hybridized carbons (Fsp3) is 0. The van der Waals surface area contributed by atoms with Gasteiger partial charge in [-0.15, -0.1) is 0 Å². The molecule has 3 aromatic carbocycles. The Labute approximate surface area is 194 Å². The fourth-order valence-corrected chi connectivity index (χ4v) is 3.69. The molecule has 0 radical (unpaired) electrons. The van der Waals surface area contributed by atoms with Crippen molar-refractivity contribution in [3.05, 3.63) is 85.3 Å². The van der Waals surface area contributed by atoms with Crippen LogP contribution in [0.2, 0.25) is 0 Å². The molecule has 10 heteroatoms. The van der Waals surface area contributed by atoms with Crippen LogP contribution in [0.5, 0.6) is 11.5 Å². The number of carbonyl (C=O) groups excluding carboxylic acids is 1. The summed E-state index contributed by atoms with van der Waals surface area (Å²) in [7, 11) is -1.54. The predicted molar refractivity (Wildman–Crippen MR) is 128 cm³/mol. The number of hydrogen-bond acceptors (Lipinski definition) is 8. The van der Waals surface area contributed by atoms with Crippen molar-refractivity contribution in [3.63, 3.8) is 0 Å². The van der Waals surface area contributed by atoms with E-state index in [2.05, 4.69) is 15.3 Å². The summed E-state index contributed by atoms with van der Waals surface area (Å²) in [5.41, 5.74) is 9.56. The van der Waals surface area contributed by atoms with Crippen LogP contribution >= 0.6 is 0 Å². The number of anilines is 1. The van der Waals surface area contributed by atoms with Crippen molar-refractivity contribution in [2.45, 2.75) is 0 Å². The van der Waals surface area contributed by atoms with Crippen LogP contribution in [0.1, 0.15) is 0 Å². The van der Waals surface area contributed by atoms with Crippen LogP contribution in [0.3, 0.4) is 0 Å². The molecule has 5 rings (SSSR count). The van der Waals surface area contributed by atoms with Gasteiger partial charge in [0.1, 0.15) is 11.5 Å². The summed E-state index contributed by atoms with van der Waals surface area (Å²) in [6.07, 6.45) is 4.95. The molecular formula is C24H18BN5O4. The molecule has 0 aliphatic heterocycles. The zero-order valence-corrected chi connectivity index (χ0v) is 17.8. The van der Waals surface area contributed by atoms with Crippen molar-refractivity contribution in [1.82, 2.24) is 20.0 Å². The highest BCUT2D eigenvalue weighted by Crippen LogP contribution is 2.33. The van der Waals surface area contributed by atoms with E-state index in [4.69, 9.17) is 15.1 Å². The molecule has 0 amide bonds. The summed E-state index contributed by atoms with van der Waals surface area (Å²) in [5.74, 6) is 0.859. The molecule has 2 heterocycles. The van der Waals surface area contributed by atoms with Gasteiger partial charge in [-0.05, 0) is 42.0 Å². The van der Waals surface area contributed by atoms with Crippen molar-refractivity contribution >= 4 is 35.6 Å². The number of carbonyl (C=O) groups is 1. The van der Waals surface area contributed by atoms with Gasteiger partial charge in [0.15, 0.2) is 0 Å². The minimum atomic E-state index is -1.54. The first-order valence-corrected chi connectivity index (χ1v) is 10.3. The molecule has 34 heavy (non-hydrogen) atoms. The molecule has 2 aromatic heterocycles. The maximum Gasteiger partial charge on any atom is 0.565 e. The lowest BCUT2D eigenvalue weighted by Gasteiger charge is -2.18. The lowest BCUT2D eigenvalue weighted by atomic mass is 9.77. The summed E-state index contributed by atoms with van der Waals surface area (Å²) in [4.78, 5) is 11.0. The molecule has 3 N–H and O–H groups in total. The third kappa shape index (κ3) is 4.05. The largest absolute Gasteiger partial charge is 0.565 e. The molecule has 0 atom stereocenters. The topological polar surface area (TPSA) is 125 Å². The van der Waals surface area contributed by atoms with E-state index in [0.717, 1.165) is 10.9 Å². The zero-order chi connectivity index (χ0) is 23.5. The highest BCUT2D eigenvalue weighted by Gasteiger charge is 2.27. The van der Waals surface area contributed by atoms with E-state index in [9.17, 15) is 9.82 Å². The summed E-state index contributed by atoms with van der Waals surface area (Å²) < 4.78 is 12.6. The van der Waals surface area contributed by atoms with Crippen molar-refractivity contribution < 1.29 is 19.2 Å². The highest BCUT2D eigenvalue weighted by atomic mass is 16.6. The molecule has 5 aromatic rings. The number of aromatic nitrogens is 4. The fourth-order valence-electron chi connectivity index (χ4n) is 3.69. The lowest BCUT2D eigenvalue weighted by Crippen LogP contribution is -2.34. The third-order valence-corrected chi connectivity index (χ3v) is 5.28. The smallest absolute Gasteiger partial charge is 0.508 e. The standard InChI is InChI=1S/C24H18BN5O4/c26-21-14-27-29-22-11-16(7-8-18(21)22)19-12-20(25(32)33-15-31)24(34-17-5-2-1-3-6-17)13-23(19)30-10-4-9-28-30/h1-15,32H,(H2,26,29). The van der Waals surface area contributed by atoms with Gasteiger partial charge in [0.05, 0.1) is 23.1 Å². The number of para-hydroxylation sites is 1. The minimum Gasteiger partial charge on any atom is -0.508 e. The summed E-state index contributed by atoms with van der Waals surface area (Å²) in [6.45, 7) is 0.187. The SMILES string of the molecule is Nc1cnnc2cc(-c3cc(B(O)OC=O)c(Oc4ccccc4)cc3-n3cccn3)ccc12. The quantitative estimate of drug-likeness (QED) is 0.286. The molecule has 0 bridgehead atoms. The van der Waals surface area contributed by atoms with Gasteiger partial charge in [-0.1, -0.05) is 24.3 Å². The Bertz CT molecular complexity index is 1460. The number of fused-ring (bicyclic) bond motifs is 1. The van der Waals surface area contributed by atoms with E-state index in [1.807, 2.05) is 36.4 Å². The Kier molecular flexibility index (Phi) is 5.63. The highest BCUT2D eigenvalue weighted by molar-refractivity contribution is 6.62. The zero-order valence-electron chi connectivity index (χ0n) is 17.8. The Balaban J connectivity index is 1.73. The van der Waals surface area contributed by atoms with Crippen molar-refractivity contribution in [2.24, 2.45) is 0 Å². The maximum atomic E-state index is 11.0. The molecule has 0 saturated carbocycles. The number of nitrogens with zero attached hydrogens (tertiary/aromatic N) is 4. The number of rotatable bonds is 7. The van der Waals surface area contributed by atoms with E-state index < -0.39 is 7.12 Å². The van der Waals surface area contributed by atoms with Crippen LogP contribution in [0.4, 0.5) is 5.69 Å². The third-order valence-electron chi connectivity index (χ3n) is 5.28. The van der Waals surface area contributed by atoms with Gasteiger partial charge >= 0.3 is 7.12 Å². The van der Waals surface area contributed by atoms with Gasteiger partial charge in [0, 0.05) is 34.9 Å². The Morgan fingerprint density at radius 3 is 2.68 bits per heavy atom. The number of ether oxygens (including phenoxy) is 1. The average molecular weight is 451 g/mol. The molecule has 0 saturated heterocycles. The maximum absolute atomic E-state index is 11.0. The second-order valence-corrected chi connectivity index (χ2v) is 7.39. The normalized spacial score (nSPS) is 10.7. The monoisotopic (exact) mass is 451 g/mol. The number of nitrogens with two attached hydrogens (primary N) is 1. The first-order chi connectivity index (χ1) is 16.6. The average Bonchev–Trinajstić information content (AvgIpc) is 3.39. The van der Waals surface area contributed by atoms with Crippen LogP contribution < -0.4 is 15.9 Å². The summed E-state index contributed by atoms with van der Waals surface area (Å²) in [6, 6.07) is 19.9. The van der Waals surface area contributed by atoms with Gasteiger partial charge in [0.2, 0.25) is 0 Å². The van der Waals surface area contributed by atoms with Crippen molar-refractivity contribution in [2.75, 3.05) is 5.73 Å². The number of benzene rings is 3. The van der Waals surface area contributed by atoms with Crippen LogP contribution in [0.25, 0.3) is 27.7 Å². The first-order valence-electron chi connectivity index (χ1n) is 10.3. The molecule has 166 valence electrons. The van der Waals surface area contributed by atoms with E-state index in [0.29, 0.717) is 34.0 Å². The minimum absolute atomic E-state index is 0.187. The summed E-state index contributed by atoms with van der Waals surface area (Å²) >= 11 is 0. The Morgan fingerprint density at radius 2 is 1.91 bits per heavy atom. The van der Waals surface area contributed by atoms with Crippen LogP contribution in [0, 0.1) is 0 Å². The van der Waals surface area contributed by atoms with E-state index in [1.165, 1.54) is 6.20 Å². The van der Waals surface area contributed by atoms with Crippen LogP contribution in [0.15, 0.2) is 85.3 Å². The van der Waals surface area contributed by atoms with Gasteiger partial charge in [0.25, 0.3) is 6.47 Å². The van der Waals surface area contributed by atoms with E-state index >= 15 is 0 Å². The first kappa shape index (κ1) is 21.2. The van der Waals surface area contributed by atoms with Gasteiger partial charge in [-0.3, -0.25) is 4.79 Å². The second kappa shape index (κ2) is 9.04. The Hall–Kier alpha value is -4.70. The van der Waals surface area contributed by atoms with Crippen LogP contribution in [-0.2, 0) is 9.45 Å². The summed E-state index contributed by atoms with van der Waals surface area (Å²) in [5, 5.41) is 23.9. The van der Waals surface area contributed by atoms with Gasteiger partial charge < -0.3 is 20.1 Å².